The number of rotatable bonds is 18. The molecule has 208 valence electrons. The van der Waals surface area contributed by atoms with Crippen LogP contribution >= 0.6 is 0 Å². The molecule has 39 heavy (non-hydrogen) atoms. The number of carbonyl (C=O) groups excluding carboxylic acids is 1. The molecule has 0 aliphatic heterocycles. The van der Waals surface area contributed by atoms with Gasteiger partial charge in [-0.15, -0.1) is 0 Å². The van der Waals surface area contributed by atoms with Gasteiger partial charge in [-0.2, -0.15) is 0 Å². The van der Waals surface area contributed by atoms with Gasteiger partial charge < -0.3 is 20.4 Å². The van der Waals surface area contributed by atoms with Gasteiger partial charge in [-0.05, 0) is 92.8 Å². The minimum absolute atomic E-state index is 0.785. The lowest BCUT2D eigenvalue weighted by molar-refractivity contribution is -0.105. The van der Waals surface area contributed by atoms with Gasteiger partial charge in [0.1, 0.15) is 30.7 Å². The number of aliphatic hydroxyl groups excluding tert-OH is 4. The van der Waals surface area contributed by atoms with E-state index >= 15 is 0 Å². The predicted molar refractivity (Wildman–Crippen MR) is 159 cm³/mol. The van der Waals surface area contributed by atoms with E-state index in [0.717, 1.165) is 82.5 Å². The summed E-state index contributed by atoms with van der Waals surface area (Å²) in [5.41, 5.74) is 0.862. The Hall–Kier alpha value is -3.55. The third-order valence-electron chi connectivity index (χ3n) is 5.31. The molecule has 0 aromatic heterocycles. The summed E-state index contributed by atoms with van der Waals surface area (Å²) in [6.45, 7) is 6.81. The molecule has 0 amide bonds. The van der Waals surface area contributed by atoms with Crippen LogP contribution in [0.2, 0.25) is 0 Å². The molecular formula is C34H42O5. The number of aldehydes is 1. The zero-order chi connectivity index (χ0) is 29.0. The van der Waals surface area contributed by atoms with Gasteiger partial charge in [0, 0.05) is 0 Å². The Morgan fingerprint density at radius 3 is 1.44 bits per heavy atom. The summed E-state index contributed by atoms with van der Waals surface area (Å²) >= 11 is 0. The highest BCUT2D eigenvalue weighted by molar-refractivity contribution is 5.72. The largest absolute Gasteiger partial charge is 0.377 e. The maximum Gasteiger partial charge on any atom is 0.145 e. The van der Waals surface area contributed by atoms with Gasteiger partial charge >= 0.3 is 0 Å². The first kappa shape index (κ1) is 35.5. The highest BCUT2D eigenvalue weighted by atomic mass is 16.3. The van der Waals surface area contributed by atoms with Gasteiger partial charge in [0.25, 0.3) is 0 Å². The number of aliphatic hydroxyl groups is 4. The van der Waals surface area contributed by atoms with Crippen molar-refractivity contribution >= 4 is 6.29 Å². The van der Waals surface area contributed by atoms with Gasteiger partial charge in [0.2, 0.25) is 0 Å². The predicted octanol–water partition coefficient (Wildman–Crippen LogP) is 4.34. The average Bonchev–Trinajstić information content (AvgIpc) is 2.94. The Kier molecular flexibility index (Phi) is 23.7. The third-order valence-corrected chi connectivity index (χ3v) is 5.31. The van der Waals surface area contributed by atoms with E-state index in [-0.39, 0.29) is 0 Å². The molecule has 5 nitrogen and oxygen atoms in total. The summed E-state index contributed by atoms with van der Waals surface area (Å²) < 4.78 is 0. The zero-order valence-corrected chi connectivity index (χ0v) is 22.8. The minimum atomic E-state index is -0.910. The Labute approximate surface area is 235 Å². The molecule has 0 bridgehead atoms. The molecule has 5 heteroatoms. The van der Waals surface area contributed by atoms with Crippen LogP contribution in [0.4, 0.5) is 0 Å². The fraction of sp³-hybridized carbons (Fsp3) is 0.441. The lowest BCUT2D eigenvalue weighted by atomic mass is 10.0. The van der Waals surface area contributed by atoms with E-state index in [4.69, 9.17) is 0 Å². The van der Waals surface area contributed by atoms with E-state index in [1.165, 1.54) is 12.2 Å². The molecule has 0 saturated heterocycles. The molecule has 4 atom stereocenters. The van der Waals surface area contributed by atoms with E-state index in [9.17, 15) is 25.2 Å². The van der Waals surface area contributed by atoms with Crippen molar-refractivity contribution in [2.45, 2.75) is 95.0 Å². The lowest BCUT2D eigenvalue weighted by Gasteiger charge is -2.02. The first-order chi connectivity index (χ1) is 18.9. The molecule has 0 spiro atoms. The second-order valence-corrected chi connectivity index (χ2v) is 8.67. The SMILES string of the molecule is C=C[C@H](O)C#CC#C[C@@H](O)/C=C\CCCCCC/C=C(/C=O)CCCCC/C=C\[C@H](O)C#CC#C[C@@H](O)C=C. The second-order valence-electron chi connectivity index (χ2n) is 8.67. The van der Waals surface area contributed by atoms with Crippen molar-refractivity contribution in [3.63, 3.8) is 0 Å². The van der Waals surface area contributed by atoms with Crippen LogP contribution in [0.25, 0.3) is 0 Å². The molecule has 0 aromatic rings. The van der Waals surface area contributed by atoms with Crippen molar-refractivity contribution < 1.29 is 25.2 Å². The Morgan fingerprint density at radius 2 is 1.00 bits per heavy atom. The highest BCUT2D eigenvalue weighted by Gasteiger charge is 1.97. The monoisotopic (exact) mass is 530 g/mol. The van der Waals surface area contributed by atoms with E-state index in [1.807, 2.05) is 18.2 Å². The molecular weight excluding hydrogens is 488 g/mol. The Bertz CT molecular complexity index is 1050. The number of unbranched alkanes of at least 4 members (excludes halogenated alkanes) is 8. The van der Waals surface area contributed by atoms with E-state index < -0.39 is 24.4 Å². The average molecular weight is 531 g/mol. The summed E-state index contributed by atoms with van der Waals surface area (Å²) in [4.78, 5) is 11.3. The lowest BCUT2D eigenvalue weighted by Crippen LogP contribution is -1.97. The van der Waals surface area contributed by atoms with Crippen molar-refractivity contribution in [2.24, 2.45) is 0 Å². The third kappa shape index (κ3) is 24.5. The van der Waals surface area contributed by atoms with Gasteiger partial charge in [-0.1, -0.05) is 86.5 Å². The summed E-state index contributed by atoms with van der Waals surface area (Å²) in [7, 11) is 0. The number of carbonyl (C=O) groups is 1. The fourth-order valence-electron chi connectivity index (χ4n) is 3.13. The topological polar surface area (TPSA) is 98.0 Å². The van der Waals surface area contributed by atoms with Gasteiger partial charge in [0.15, 0.2) is 0 Å². The van der Waals surface area contributed by atoms with Crippen LogP contribution < -0.4 is 0 Å². The molecule has 0 saturated carbocycles. The molecule has 0 aromatic carbocycles. The summed E-state index contributed by atoms with van der Waals surface area (Å²) in [5.74, 6) is 20.0. The Balaban J connectivity index is 3.93. The Morgan fingerprint density at radius 1 is 0.590 bits per heavy atom. The molecule has 0 rings (SSSR count). The maximum atomic E-state index is 11.3. The van der Waals surface area contributed by atoms with Crippen molar-refractivity contribution in [2.75, 3.05) is 0 Å². The highest BCUT2D eigenvalue weighted by Crippen LogP contribution is 2.12. The molecule has 0 aliphatic rings. The van der Waals surface area contributed by atoms with Crippen molar-refractivity contribution in [1.82, 2.24) is 0 Å². The van der Waals surface area contributed by atoms with Crippen LogP contribution in [0.15, 0.2) is 61.3 Å². The van der Waals surface area contributed by atoms with E-state index in [1.54, 1.807) is 12.2 Å². The normalized spacial score (nSPS) is 13.8. The van der Waals surface area contributed by atoms with Crippen LogP contribution in [0, 0.1) is 47.4 Å². The quantitative estimate of drug-likeness (QED) is 0.0695. The van der Waals surface area contributed by atoms with Crippen LogP contribution in [0.3, 0.4) is 0 Å². The number of hydrogen-bond donors (Lipinski definition) is 4. The molecule has 0 radical (unpaired) electrons. The van der Waals surface area contributed by atoms with Crippen LogP contribution in [-0.4, -0.2) is 51.1 Å². The summed E-state index contributed by atoms with van der Waals surface area (Å²) in [5, 5.41) is 37.8. The second kappa shape index (κ2) is 26.1. The molecule has 0 unspecified atom stereocenters. The van der Waals surface area contributed by atoms with E-state index in [2.05, 4.69) is 60.5 Å². The van der Waals surface area contributed by atoms with Crippen LogP contribution in [0.1, 0.15) is 70.6 Å². The summed E-state index contributed by atoms with van der Waals surface area (Å²) in [6, 6.07) is 0. The van der Waals surface area contributed by atoms with E-state index in [0.29, 0.717) is 0 Å². The van der Waals surface area contributed by atoms with Crippen LogP contribution in [-0.2, 0) is 4.79 Å². The van der Waals surface area contributed by atoms with Crippen LogP contribution in [0.5, 0.6) is 0 Å². The van der Waals surface area contributed by atoms with Gasteiger partial charge in [0.05, 0.1) is 0 Å². The minimum Gasteiger partial charge on any atom is -0.377 e. The fourth-order valence-corrected chi connectivity index (χ4v) is 3.13. The zero-order valence-electron chi connectivity index (χ0n) is 22.8. The molecule has 0 aliphatic carbocycles. The standard InChI is InChI=1S/C34H42O5/c1-3-31(36)23-17-19-27-33(38)25-15-11-7-5-6-9-13-21-30(29-35)22-14-10-8-12-16-26-34(39)28-20-18-24-32(37)4-2/h3-4,15-16,21,25-26,29,31-34,36-39H,1-2,5-14,22H2/b25-15-,26-16-,30-21+/t31-,32-,33-,34-/m0/s1. The molecule has 0 fully saturated rings. The summed E-state index contributed by atoms with van der Waals surface area (Å²) in [6.07, 6.45) is 19.7. The van der Waals surface area contributed by atoms with Crippen molar-refractivity contribution in [1.29, 1.82) is 0 Å². The van der Waals surface area contributed by atoms with Gasteiger partial charge in [-0.25, -0.2) is 0 Å². The first-order valence-corrected chi connectivity index (χ1v) is 13.4. The molecule has 4 N–H and O–H groups in total. The maximum absolute atomic E-state index is 11.3. The van der Waals surface area contributed by atoms with Gasteiger partial charge in [-0.3, -0.25) is 4.79 Å². The van der Waals surface area contributed by atoms with Crippen molar-refractivity contribution in [3.8, 4) is 47.4 Å². The molecule has 0 heterocycles. The number of allylic oxidation sites excluding steroid dienone is 4. The first-order valence-electron chi connectivity index (χ1n) is 13.4. The van der Waals surface area contributed by atoms with Crippen molar-refractivity contribution in [3.05, 3.63) is 61.3 Å². The smallest absolute Gasteiger partial charge is 0.145 e. The number of hydrogen-bond acceptors (Lipinski definition) is 5.